The van der Waals surface area contributed by atoms with Gasteiger partial charge in [0.2, 0.25) is 11.8 Å². The minimum absolute atomic E-state index is 0.0685. The highest BCUT2D eigenvalue weighted by atomic mass is 32.2. The lowest BCUT2D eigenvalue weighted by atomic mass is 10.1. The molecule has 1 aliphatic heterocycles. The van der Waals surface area contributed by atoms with Crippen LogP contribution in [0.4, 0.5) is 11.4 Å². The van der Waals surface area contributed by atoms with Crippen LogP contribution in [0.15, 0.2) is 83.9 Å². The second-order valence-corrected chi connectivity index (χ2v) is 9.05. The van der Waals surface area contributed by atoms with Gasteiger partial charge in [0.25, 0.3) is 0 Å². The molecule has 3 aromatic rings. The Balaban J connectivity index is 1.50. The highest BCUT2D eigenvalue weighted by molar-refractivity contribution is 8.15. The number of carbonyl (C=O) groups is 2. The molecule has 7 nitrogen and oxygen atoms in total. The van der Waals surface area contributed by atoms with E-state index in [0.29, 0.717) is 35.3 Å². The second kappa shape index (κ2) is 11.6. The minimum atomic E-state index is -0.536. The largest absolute Gasteiger partial charge is 0.493 e. The molecule has 3 aromatic carbocycles. The number of nitrogens with one attached hydrogen (secondary N) is 1. The van der Waals surface area contributed by atoms with Gasteiger partial charge in [0.1, 0.15) is 5.25 Å². The first kappa shape index (κ1) is 24.3. The Morgan fingerprint density at radius 2 is 1.66 bits per heavy atom. The Bertz CT molecular complexity index is 1200. The van der Waals surface area contributed by atoms with E-state index in [1.165, 1.54) is 11.8 Å². The highest BCUT2D eigenvalue weighted by Crippen LogP contribution is 2.33. The molecule has 180 valence electrons. The van der Waals surface area contributed by atoms with E-state index < -0.39 is 5.25 Å². The normalized spacial score (nSPS) is 16.4. The van der Waals surface area contributed by atoms with Gasteiger partial charge in [-0.1, -0.05) is 54.2 Å². The fourth-order valence-electron chi connectivity index (χ4n) is 3.72. The van der Waals surface area contributed by atoms with Crippen molar-refractivity contribution in [3.8, 4) is 11.5 Å². The first-order chi connectivity index (χ1) is 17.1. The van der Waals surface area contributed by atoms with E-state index in [1.807, 2.05) is 78.9 Å². The maximum absolute atomic E-state index is 13.3. The summed E-state index contributed by atoms with van der Waals surface area (Å²) in [4.78, 5) is 32.4. The van der Waals surface area contributed by atoms with Gasteiger partial charge in [0.15, 0.2) is 16.7 Å². The molecule has 1 fully saturated rings. The number of aliphatic imine (C=N–C) groups is 1. The number of benzene rings is 3. The molecule has 0 unspecified atom stereocenters. The maximum Gasteiger partial charge on any atom is 0.242 e. The van der Waals surface area contributed by atoms with E-state index in [0.717, 1.165) is 11.3 Å². The van der Waals surface area contributed by atoms with Crippen molar-refractivity contribution in [3.63, 3.8) is 0 Å². The van der Waals surface area contributed by atoms with Crippen LogP contribution in [0.1, 0.15) is 12.0 Å². The summed E-state index contributed by atoms with van der Waals surface area (Å²) < 4.78 is 10.7. The van der Waals surface area contributed by atoms with Gasteiger partial charge in [-0.05, 0) is 48.4 Å². The molecule has 0 bridgehead atoms. The zero-order chi connectivity index (χ0) is 24.6. The third-order valence-corrected chi connectivity index (χ3v) is 6.68. The number of nitrogens with zero attached hydrogens (tertiary/aromatic N) is 2. The number of amides is 2. The lowest BCUT2D eigenvalue weighted by molar-refractivity contribution is -0.128. The molecule has 0 aliphatic carbocycles. The smallest absolute Gasteiger partial charge is 0.242 e. The monoisotopic (exact) mass is 489 g/mol. The van der Waals surface area contributed by atoms with E-state index in [4.69, 9.17) is 14.5 Å². The lowest BCUT2D eigenvalue weighted by Gasteiger charge is -2.17. The van der Waals surface area contributed by atoms with E-state index in [9.17, 15) is 9.59 Å². The highest BCUT2D eigenvalue weighted by Gasteiger charge is 2.39. The van der Waals surface area contributed by atoms with Gasteiger partial charge < -0.3 is 14.8 Å². The molecular weight excluding hydrogens is 462 g/mol. The van der Waals surface area contributed by atoms with Crippen molar-refractivity contribution in [2.24, 2.45) is 4.99 Å². The number of hydrogen-bond donors (Lipinski definition) is 1. The molecule has 1 atom stereocenters. The van der Waals surface area contributed by atoms with Gasteiger partial charge in [0, 0.05) is 18.7 Å². The van der Waals surface area contributed by atoms with Crippen LogP contribution < -0.4 is 14.8 Å². The van der Waals surface area contributed by atoms with Crippen molar-refractivity contribution >= 4 is 40.1 Å². The molecule has 1 aliphatic rings. The standard InChI is InChI=1S/C27H27N3O4S/c1-33-22-14-13-19(17-23(22)34-2)15-16-30-26(32)24(18-25(31)28-20-9-5-3-6-10-20)35-27(30)29-21-11-7-4-8-12-21/h3-14,17,24H,15-16,18H2,1-2H3,(H,28,31)/t24-/m0/s1. The summed E-state index contributed by atoms with van der Waals surface area (Å²) in [5.74, 6) is 0.969. The number of para-hydroxylation sites is 2. The number of rotatable bonds is 9. The fourth-order valence-corrected chi connectivity index (χ4v) is 4.91. The minimum Gasteiger partial charge on any atom is -0.493 e. The second-order valence-electron chi connectivity index (χ2n) is 7.88. The molecule has 1 N–H and O–H groups in total. The van der Waals surface area contributed by atoms with Crippen LogP contribution >= 0.6 is 11.8 Å². The first-order valence-electron chi connectivity index (χ1n) is 11.2. The van der Waals surface area contributed by atoms with Gasteiger partial charge in [-0.25, -0.2) is 4.99 Å². The van der Waals surface area contributed by atoms with Crippen LogP contribution in [-0.2, 0) is 16.0 Å². The summed E-state index contributed by atoms with van der Waals surface area (Å²) in [6, 6.07) is 24.4. The molecule has 1 saturated heterocycles. The Kier molecular flexibility index (Phi) is 8.05. The molecule has 0 saturated carbocycles. The van der Waals surface area contributed by atoms with Crippen LogP contribution in [0.5, 0.6) is 11.5 Å². The average molecular weight is 490 g/mol. The average Bonchev–Trinajstić information content (AvgIpc) is 3.16. The summed E-state index contributed by atoms with van der Waals surface area (Å²) in [6.07, 6.45) is 0.669. The lowest BCUT2D eigenvalue weighted by Crippen LogP contribution is -2.35. The zero-order valence-electron chi connectivity index (χ0n) is 19.6. The maximum atomic E-state index is 13.3. The van der Waals surface area contributed by atoms with Crippen molar-refractivity contribution in [1.29, 1.82) is 0 Å². The number of hydrogen-bond acceptors (Lipinski definition) is 6. The van der Waals surface area contributed by atoms with Crippen LogP contribution in [0.2, 0.25) is 0 Å². The number of methoxy groups -OCH3 is 2. The Hall–Kier alpha value is -3.78. The van der Waals surface area contributed by atoms with Gasteiger partial charge in [-0.2, -0.15) is 0 Å². The third-order valence-electron chi connectivity index (χ3n) is 5.50. The third kappa shape index (κ3) is 6.22. The van der Waals surface area contributed by atoms with Gasteiger partial charge >= 0.3 is 0 Å². The summed E-state index contributed by atoms with van der Waals surface area (Å²) in [6.45, 7) is 0.434. The molecule has 0 spiro atoms. The topological polar surface area (TPSA) is 80.2 Å². The van der Waals surface area contributed by atoms with Crippen molar-refractivity contribution < 1.29 is 19.1 Å². The number of carbonyl (C=O) groups excluding carboxylic acids is 2. The van der Waals surface area contributed by atoms with Gasteiger partial charge in [-0.15, -0.1) is 0 Å². The molecule has 0 aromatic heterocycles. The number of thioether (sulfide) groups is 1. The van der Waals surface area contributed by atoms with Crippen molar-refractivity contribution in [1.82, 2.24) is 4.90 Å². The molecule has 4 rings (SSSR count). The summed E-state index contributed by atoms with van der Waals surface area (Å²) in [7, 11) is 3.19. The fraction of sp³-hybridized carbons (Fsp3) is 0.222. The SMILES string of the molecule is COc1ccc(CCN2C(=O)[C@H](CC(=O)Nc3ccccc3)SC2=Nc2ccccc2)cc1OC. The number of ether oxygens (including phenoxy) is 2. The van der Waals surface area contributed by atoms with Gasteiger partial charge in [-0.3, -0.25) is 14.5 Å². The van der Waals surface area contributed by atoms with E-state index in [-0.39, 0.29) is 18.2 Å². The number of amidine groups is 1. The van der Waals surface area contributed by atoms with E-state index in [1.54, 1.807) is 19.1 Å². The van der Waals surface area contributed by atoms with Crippen molar-refractivity contribution in [2.75, 3.05) is 26.1 Å². The van der Waals surface area contributed by atoms with Crippen molar-refractivity contribution in [3.05, 3.63) is 84.4 Å². The predicted molar refractivity (Wildman–Crippen MR) is 140 cm³/mol. The van der Waals surface area contributed by atoms with Crippen LogP contribution in [0, 0.1) is 0 Å². The van der Waals surface area contributed by atoms with Crippen LogP contribution in [0.25, 0.3) is 0 Å². The van der Waals surface area contributed by atoms with E-state index >= 15 is 0 Å². The molecular formula is C27H27N3O4S. The van der Waals surface area contributed by atoms with Crippen LogP contribution in [-0.4, -0.2) is 47.9 Å². The van der Waals surface area contributed by atoms with Crippen molar-refractivity contribution in [2.45, 2.75) is 18.1 Å². The Morgan fingerprint density at radius 3 is 2.34 bits per heavy atom. The summed E-state index contributed by atoms with van der Waals surface area (Å²) in [5.41, 5.74) is 2.47. The Labute approximate surface area is 209 Å². The molecule has 0 radical (unpaired) electrons. The van der Waals surface area contributed by atoms with Crippen LogP contribution in [0.3, 0.4) is 0 Å². The quantitative estimate of drug-likeness (QED) is 0.462. The Morgan fingerprint density at radius 1 is 0.971 bits per heavy atom. The first-order valence-corrected chi connectivity index (χ1v) is 12.1. The molecule has 35 heavy (non-hydrogen) atoms. The summed E-state index contributed by atoms with van der Waals surface area (Å²) >= 11 is 1.33. The van der Waals surface area contributed by atoms with Gasteiger partial charge in [0.05, 0.1) is 19.9 Å². The molecule has 2 amide bonds. The van der Waals surface area contributed by atoms with E-state index in [2.05, 4.69) is 5.32 Å². The number of anilines is 1. The molecule has 8 heteroatoms. The predicted octanol–water partition coefficient (Wildman–Crippen LogP) is 4.91. The molecule has 1 heterocycles. The zero-order valence-corrected chi connectivity index (χ0v) is 20.5. The summed E-state index contributed by atoms with van der Waals surface area (Å²) in [5, 5.41) is 2.92.